The Kier molecular flexibility index (Phi) is 3.95. The molecular weight excluding hydrogens is 264 g/mol. The summed E-state index contributed by atoms with van der Waals surface area (Å²) >= 11 is 0. The minimum absolute atomic E-state index is 0.225. The third-order valence-corrected chi connectivity index (χ3v) is 4.64. The van der Waals surface area contributed by atoms with Crippen molar-refractivity contribution in [1.82, 2.24) is 10.1 Å². The number of para-hydroxylation sites is 1. The van der Waals surface area contributed by atoms with Crippen LogP contribution in [0.3, 0.4) is 0 Å². The molecule has 1 fully saturated rings. The second-order valence-electron chi connectivity index (χ2n) is 6.07. The van der Waals surface area contributed by atoms with Gasteiger partial charge in [0.1, 0.15) is 5.75 Å². The van der Waals surface area contributed by atoms with Crippen LogP contribution in [0.1, 0.15) is 56.3 Å². The molecule has 112 valence electrons. The lowest BCUT2D eigenvalue weighted by atomic mass is 9.80. The number of phenols is 1. The fraction of sp³-hybridized carbons (Fsp3) is 0.529. The van der Waals surface area contributed by atoms with Gasteiger partial charge in [-0.3, -0.25) is 0 Å². The second-order valence-corrected chi connectivity index (χ2v) is 6.07. The van der Waals surface area contributed by atoms with Crippen molar-refractivity contribution in [3.63, 3.8) is 0 Å². The first-order valence-corrected chi connectivity index (χ1v) is 7.81. The first-order valence-electron chi connectivity index (χ1n) is 7.81. The van der Waals surface area contributed by atoms with Gasteiger partial charge in [0.15, 0.2) is 5.82 Å². The molecule has 2 atom stereocenters. The van der Waals surface area contributed by atoms with Crippen LogP contribution in [0.25, 0.3) is 11.5 Å². The lowest BCUT2D eigenvalue weighted by Gasteiger charge is -2.26. The SMILES string of the molecule is CCC1CCCC(c2noc(-c3cccc(C)c3O)n2)C1. The molecule has 4 nitrogen and oxygen atoms in total. The molecule has 1 aromatic carbocycles. The zero-order valence-corrected chi connectivity index (χ0v) is 12.7. The van der Waals surface area contributed by atoms with Crippen molar-refractivity contribution in [3.05, 3.63) is 29.6 Å². The monoisotopic (exact) mass is 286 g/mol. The maximum absolute atomic E-state index is 10.1. The lowest BCUT2D eigenvalue weighted by Crippen LogP contribution is -2.14. The third-order valence-electron chi connectivity index (χ3n) is 4.64. The van der Waals surface area contributed by atoms with Gasteiger partial charge in [-0.15, -0.1) is 0 Å². The highest BCUT2D eigenvalue weighted by molar-refractivity contribution is 5.64. The number of nitrogens with zero attached hydrogens (tertiary/aromatic N) is 2. The van der Waals surface area contributed by atoms with Crippen LogP contribution >= 0.6 is 0 Å². The fourth-order valence-electron chi connectivity index (χ4n) is 3.24. The van der Waals surface area contributed by atoms with Gasteiger partial charge in [-0.25, -0.2) is 0 Å². The summed E-state index contributed by atoms with van der Waals surface area (Å²) in [6.45, 7) is 4.11. The Balaban J connectivity index is 1.85. The smallest absolute Gasteiger partial charge is 0.261 e. The average Bonchev–Trinajstić information content (AvgIpc) is 3.00. The van der Waals surface area contributed by atoms with E-state index in [0.717, 1.165) is 30.1 Å². The molecule has 0 radical (unpaired) electrons. The minimum Gasteiger partial charge on any atom is -0.507 e. The molecule has 1 N–H and O–H groups in total. The predicted octanol–water partition coefficient (Wildman–Crippen LogP) is 4.43. The molecule has 1 saturated carbocycles. The number of aryl methyl sites for hydroxylation is 1. The molecule has 1 aromatic heterocycles. The fourth-order valence-corrected chi connectivity index (χ4v) is 3.24. The molecule has 1 aliphatic carbocycles. The molecule has 1 aliphatic rings. The van der Waals surface area contributed by atoms with Crippen LogP contribution in [0, 0.1) is 12.8 Å². The van der Waals surface area contributed by atoms with Gasteiger partial charge in [0, 0.05) is 5.92 Å². The van der Waals surface area contributed by atoms with Gasteiger partial charge in [0.05, 0.1) is 5.56 Å². The number of phenolic OH excluding ortho intramolecular Hbond substituents is 1. The van der Waals surface area contributed by atoms with Crippen molar-refractivity contribution in [1.29, 1.82) is 0 Å². The highest BCUT2D eigenvalue weighted by Gasteiger charge is 2.26. The van der Waals surface area contributed by atoms with Crippen molar-refractivity contribution < 1.29 is 9.63 Å². The topological polar surface area (TPSA) is 59.2 Å². The van der Waals surface area contributed by atoms with Crippen molar-refractivity contribution in [3.8, 4) is 17.2 Å². The van der Waals surface area contributed by atoms with Crippen LogP contribution in [0.15, 0.2) is 22.7 Å². The van der Waals surface area contributed by atoms with E-state index in [9.17, 15) is 5.11 Å². The molecular formula is C17H22N2O2. The van der Waals surface area contributed by atoms with Crippen LogP contribution in [0.4, 0.5) is 0 Å². The number of rotatable bonds is 3. The van der Waals surface area contributed by atoms with Gasteiger partial charge in [0.25, 0.3) is 5.89 Å². The van der Waals surface area contributed by atoms with Crippen LogP contribution < -0.4 is 0 Å². The van der Waals surface area contributed by atoms with Crippen molar-refractivity contribution >= 4 is 0 Å². The highest BCUT2D eigenvalue weighted by atomic mass is 16.5. The Bertz CT molecular complexity index is 621. The summed E-state index contributed by atoms with van der Waals surface area (Å²) in [5, 5.41) is 14.3. The Morgan fingerprint density at radius 2 is 2.19 bits per heavy atom. The largest absolute Gasteiger partial charge is 0.507 e. The molecule has 1 heterocycles. The van der Waals surface area contributed by atoms with Gasteiger partial charge in [0.2, 0.25) is 0 Å². The van der Waals surface area contributed by atoms with Gasteiger partial charge < -0.3 is 9.63 Å². The van der Waals surface area contributed by atoms with E-state index in [4.69, 9.17) is 4.52 Å². The van der Waals surface area contributed by atoms with Crippen LogP contribution in [-0.4, -0.2) is 15.2 Å². The molecule has 0 bridgehead atoms. The van der Waals surface area contributed by atoms with Gasteiger partial charge >= 0.3 is 0 Å². The molecule has 2 aromatic rings. The summed E-state index contributed by atoms with van der Waals surface area (Å²) in [4.78, 5) is 4.54. The maximum Gasteiger partial charge on any atom is 0.261 e. The summed E-state index contributed by atoms with van der Waals surface area (Å²) in [7, 11) is 0. The summed E-state index contributed by atoms with van der Waals surface area (Å²) < 4.78 is 5.39. The quantitative estimate of drug-likeness (QED) is 0.906. The zero-order chi connectivity index (χ0) is 14.8. The summed E-state index contributed by atoms with van der Waals surface area (Å²) in [6.07, 6.45) is 6.06. The van der Waals surface area contributed by atoms with Gasteiger partial charge in [-0.2, -0.15) is 4.98 Å². The minimum atomic E-state index is 0.225. The van der Waals surface area contributed by atoms with Gasteiger partial charge in [-0.1, -0.05) is 43.5 Å². The molecule has 0 saturated heterocycles. The lowest BCUT2D eigenvalue weighted by molar-refractivity contribution is 0.300. The molecule has 0 aliphatic heterocycles. The van der Waals surface area contributed by atoms with Gasteiger partial charge in [-0.05, 0) is 37.3 Å². The molecule has 21 heavy (non-hydrogen) atoms. The molecule has 3 rings (SSSR count). The van der Waals surface area contributed by atoms with Crippen LogP contribution in [0.2, 0.25) is 0 Å². The van der Waals surface area contributed by atoms with E-state index >= 15 is 0 Å². The van der Waals surface area contributed by atoms with E-state index in [1.54, 1.807) is 0 Å². The second kappa shape index (κ2) is 5.88. The average molecular weight is 286 g/mol. The van der Waals surface area contributed by atoms with Crippen molar-refractivity contribution in [2.75, 3.05) is 0 Å². The van der Waals surface area contributed by atoms with Crippen molar-refractivity contribution in [2.45, 2.75) is 51.9 Å². The summed E-state index contributed by atoms with van der Waals surface area (Å²) in [6, 6.07) is 5.57. The molecule has 2 unspecified atom stereocenters. The summed E-state index contributed by atoms with van der Waals surface area (Å²) in [5.41, 5.74) is 1.44. The van der Waals surface area contributed by atoms with E-state index in [-0.39, 0.29) is 5.75 Å². The molecule has 4 heteroatoms. The zero-order valence-electron chi connectivity index (χ0n) is 12.7. The number of aromatic hydroxyl groups is 1. The Labute approximate surface area is 125 Å². The number of hydrogen-bond acceptors (Lipinski definition) is 4. The van der Waals surface area contributed by atoms with Crippen molar-refractivity contribution in [2.24, 2.45) is 5.92 Å². The first-order chi connectivity index (χ1) is 10.2. The highest BCUT2D eigenvalue weighted by Crippen LogP contribution is 2.38. The maximum atomic E-state index is 10.1. The number of hydrogen-bond donors (Lipinski definition) is 1. The van der Waals surface area contributed by atoms with E-state index < -0.39 is 0 Å². The Morgan fingerprint density at radius 3 is 3.00 bits per heavy atom. The molecule has 0 amide bonds. The number of aromatic nitrogens is 2. The van der Waals surface area contributed by atoms with Crippen LogP contribution in [0.5, 0.6) is 5.75 Å². The Hall–Kier alpha value is -1.84. The van der Waals surface area contributed by atoms with E-state index in [2.05, 4.69) is 17.1 Å². The summed E-state index contributed by atoms with van der Waals surface area (Å²) in [5.74, 6) is 2.61. The Morgan fingerprint density at radius 1 is 1.33 bits per heavy atom. The predicted molar refractivity (Wildman–Crippen MR) is 81.1 cm³/mol. The first kappa shape index (κ1) is 14.1. The third kappa shape index (κ3) is 2.80. The number of benzene rings is 1. The van der Waals surface area contributed by atoms with Crippen LogP contribution in [-0.2, 0) is 0 Å². The van der Waals surface area contributed by atoms with E-state index in [1.807, 2.05) is 25.1 Å². The standard InChI is InChI=1S/C17H22N2O2/c1-3-12-7-5-8-13(10-12)16-18-17(21-19-16)14-9-4-6-11(2)15(14)20/h4,6,9,12-13,20H,3,5,7-8,10H2,1-2H3. The normalized spacial score (nSPS) is 22.4. The van der Waals surface area contributed by atoms with E-state index in [1.165, 1.54) is 19.3 Å². The molecule has 0 spiro atoms. The van der Waals surface area contributed by atoms with E-state index in [0.29, 0.717) is 17.4 Å².